The van der Waals surface area contributed by atoms with E-state index in [2.05, 4.69) is 32.3 Å². The van der Waals surface area contributed by atoms with Crippen LogP contribution in [0.2, 0.25) is 0 Å². The van der Waals surface area contributed by atoms with Crippen LogP contribution in [0.15, 0.2) is 60.8 Å². The predicted octanol–water partition coefficient (Wildman–Crippen LogP) is 3.50. The normalized spacial score (nSPS) is 13.0. The predicted molar refractivity (Wildman–Crippen MR) is 108 cm³/mol. The lowest BCUT2D eigenvalue weighted by Crippen LogP contribution is -2.28. The first-order valence-corrected chi connectivity index (χ1v) is 9.35. The monoisotopic (exact) mass is 374 g/mol. The second-order valence-corrected chi connectivity index (χ2v) is 6.62. The highest BCUT2D eigenvalue weighted by atomic mass is 16.5. The number of amides is 1. The smallest absolute Gasteiger partial charge is 0.270 e. The van der Waals surface area contributed by atoms with Crippen molar-refractivity contribution in [1.82, 2.24) is 15.3 Å². The van der Waals surface area contributed by atoms with Crippen LogP contribution in [0.1, 0.15) is 28.0 Å². The van der Waals surface area contributed by atoms with Gasteiger partial charge in [-0.15, -0.1) is 0 Å². The van der Waals surface area contributed by atoms with Gasteiger partial charge in [-0.25, -0.2) is 9.97 Å². The van der Waals surface area contributed by atoms with Crippen molar-refractivity contribution in [2.24, 2.45) is 0 Å². The van der Waals surface area contributed by atoms with E-state index in [9.17, 15) is 4.79 Å². The number of hydrogen-bond donors (Lipinski definition) is 1. The van der Waals surface area contributed by atoms with Crippen LogP contribution in [0.5, 0.6) is 5.75 Å². The third kappa shape index (κ3) is 3.67. The van der Waals surface area contributed by atoms with E-state index >= 15 is 0 Å². The van der Waals surface area contributed by atoms with Crippen molar-refractivity contribution in [3.05, 3.63) is 77.6 Å². The molecule has 0 spiro atoms. The van der Waals surface area contributed by atoms with E-state index in [0.29, 0.717) is 18.2 Å². The molecule has 0 aliphatic carbocycles. The lowest BCUT2D eigenvalue weighted by molar-refractivity contribution is 0.0945. The number of rotatable bonds is 5. The van der Waals surface area contributed by atoms with Crippen LogP contribution in [0.3, 0.4) is 0 Å². The van der Waals surface area contributed by atoms with Crippen molar-refractivity contribution in [2.45, 2.75) is 19.4 Å². The van der Waals surface area contributed by atoms with Gasteiger partial charge in [0.05, 0.1) is 7.11 Å². The molecule has 4 rings (SSSR count). The first-order valence-electron chi connectivity index (χ1n) is 9.35. The summed E-state index contributed by atoms with van der Waals surface area (Å²) < 4.78 is 5.33. The Morgan fingerprint density at radius 3 is 2.86 bits per heavy atom. The van der Waals surface area contributed by atoms with Gasteiger partial charge in [-0.1, -0.05) is 36.4 Å². The SMILES string of the molecule is COc1ccccc1CNC(=O)c1ccnc(N2CCCc3ccccc32)n1. The maximum absolute atomic E-state index is 12.6. The van der Waals surface area contributed by atoms with Crippen molar-refractivity contribution in [2.75, 3.05) is 18.6 Å². The molecule has 3 aromatic rings. The summed E-state index contributed by atoms with van der Waals surface area (Å²) in [6, 6.07) is 17.5. The van der Waals surface area contributed by atoms with Gasteiger partial charge in [0.15, 0.2) is 0 Å². The van der Waals surface area contributed by atoms with Gasteiger partial charge >= 0.3 is 0 Å². The number of methoxy groups -OCH3 is 1. The van der Waals surface area contributed by atoms with Crippen molar-refractivity contribution < 1.29 is 9.53 Å². The van der Waals surface area contributed by atoms with Crippen LogP contribution in [0.4, 0.5) is 11.6 Å². The summed E-state index contributed by atoms with van der Waals surface area (Å²) >= 11 is 0. The number of anilines is 2. The molecule has 0 saturated heterocycles. The summed E-state index contributed by atoms with van der Waals surface area (Å²) in [5, 5.41) is 2.91. The molecular formula is C22H22N4O2. The summed E-state index contributed by atoms with van der Waals surface area (Å²) in [6.07, 6.45) is 3.72. The molecule has 1 amide bonds. The summed E-state index contributed by atoms with van der Waals surface area (Å²) in [5.41, 5.74) is 3.66. The van der Waals surface area contributed by atoms with Crippen LogP contribution in [-0.2, 0) is 13.0 Å². The Labute approximate surface area is 164 Å². The topological polar surface area (TPSA) is 67.3 Å². The van der Waals surface area contributed by atoms with E-state index in [1.165, 1.54) is 5.56 Å². The van der Waals surface area contributed by atoms with Gasteiger partial charge in [-0.2, -0.15) is 0 Å². The van der Waals surface area contributed by atoms with Crippen LogP contribution in [0.25, 0.3) is 0 Å². The largest absolute Gasteiger partial charge is 0.496 e. The van der Waals surface area contributed by atoms with Crippen LogP contribution >= 0.6 is 0 Å². The second-order valence-electron chi connectivity index (χ2n) is 6.62. The minimum atomic E-state index is -0.236. The van der Waals surface area contributed by atoms with Crippen molar-refractivity contribution in [3.63, 3.8) is 0 Å². The van der Waals surface area contributed by atoms with E-state index in [1.54, 1.807) is 19.4 Å². The summed E-state index contributed by atoms with van der Waals surface area (Å²) in [5.74, 6) is 1.06. The minimum Gasteiger partial charge on any atom is -0.496 e. The van der Waals surface area contributed by atoms with Crippen LogP contribution in [-0.4, -0.2) is 29.5 Å². The minimum absolute atomic E-state index is 0.236. The third-order valence-electron chi connectivity index (χ3n) is 4.86. The average Bonchev–Trinajstić information content (AvgIpc) is 2.77. The number of aromatic nitrogens is 2. The highest BCUT2D eigenvalue weighted by Gasteiger charge is 2.21. The molecule has 1 N–H and O–H groups in total. The highest BCUT2D eigenvalue weighted by molar-refractivity contribution is 5.92. The van der Waals surface area contributed by atoms with E-state index in [0.717, 1.165) is 36.4 Å². The maximum Gasteiger partial charge on any atom is 0.270 e. The fraction of sp³-hybridized carbons (Fsp3) is 0.227. The number of para-hydroxylation sites is 2. The van der Waals surface area contributed by atoms with Gasteiger partial charge in [0, 0.05) is 30.5 Å². The lowest BCUT2D eigenvalue weighted by atomic mass is 10.0. The summed E-state index contributed by atoms with van der Waals surface area (Å²) in [4.78, 5) is 23.6. The number of carbonyl (C=O) groups is 1. The Hall–Kier alpha value is -3.41. The molecule has 142 valence electrons. The van der Waals surface area contributed by atoms with Gasteiger partial charge in [-0.05, 0) is 36.6 Å². The number of fused-ring (bicyclic) bond motifs is 1. The number of nitrogens with zero attached hydrogens (tertiary/aromatic N) is 3. The first-order chi connectivity index (χ1) is 13.8. The highest BCUT2D eigenvalue weighted by Crippen LogP contribution is 2.31. The fourth-order valence-corrected chi connectivity index (χ4v) is 3.46. The molecule has 0 radical (unpaired) electrons. The summed E-state index contributed by atoms with van der Waals surface area (Å²) in [7, 11) is 1.62. The Morgan fingerprint density at radius 2 is 1.96 bits per heavy atom. The Balaban J connectivity index is 1.52. The molecule has 6 nitrogen and oxygen atoms in total. The molecule has 0 unspecified atom stereocenters. The van der Waals surface area contributed by atoms with E-state index in [1.807, 2.05) is 36.4 Å². The molecule has 0 atom stereocenters. The van der Waals surface area contributed by atoms with E-state index < -0.39 is 0 Å². The maximum atomic E-state index is 12.6. The van der Waals surface area contributed by atoms with Crippen molar-refractivity contribution in [1.29, 1.82) is 0 Å². The molecule has 0 bridgehead atoms. The zero-order valence-electron chi connectivity index (χ0n) is 15.8. The van der Waals surface area contributed by atoms with Gasteiger partial charge in [0.2, 0.25) is 5.95 Å². The fourth-order valence-electron chi connectivity index (χ4n) is 3.46. The summed E-state index contributed by atoms with van der Waals surface area (Å²) in [6.45, 7) is 1.21. The lowest BCUT2D eigenvalue weighted by Gasteiger charge is -2.29. The molecule has 2 aromatic carbocycles. The quantitative estimate of drug-likeness (QED) is 0.740. The van der Waals surface area contributed by atoms with Gasteiger partial charge < -0.3 is 15.0 Å². The molecule has 1 aliphatic rings. The first kappa shape index (κ1) is 18.0. The van der Waals surface area contributed by atoms with E-state index in [-0.39, 0.29) is 5.91 Å². The van der Waals surface area contributed by atoms with Gasteiger partial charge in [0.1, 0.15) is 11.4 Å². The van der Waals surface area contributed by atoms with Crippen LogP contribution < -0.4 is 15.0 Å². The molecular weight excluding hydrogens is 352 g/mol. The average molecular weight is 374 g/mol. The molecule has 1 aromatic heterocycles. The molecule has 0 fully saturated rings. The number of aryl methyl sites for hydroxylation is 1. The Morgan fingerprint density at radius 1 is 1.14 bits per heavy atom. The number of ether oxygens (including phenoxy) is 1. The number of nitrogens with one attached hydrogen (secondary N) is 1. The molecule has 28 heavy (non-hydrogen) atoms. The van der Waals surface area contributed by atoms with Crippen LogP contribution in [0, 0.1) is 0 Å². The Kier molecular flexibility index (Phi) is 5.19. The van der Waals surface area contributed by atoms with Crippen molar-refractivity contribution >= 4 is 17.5 Å². The van der Waals surface area contributed by atoms with Gasteiger partial charge in [0.25, 0.3) is 5.91 Å². The molecule has 1 aliphatic heterocycles. The standard InChI is InChI=1S/C22H22N4O2/c1-28-20-11-5-3-8-17(20)15-24-21(27)18-12-13-23-22(25-18)26-14-6-9-16-7-2-4-10-19(16)26/h2-5,7-8,10-13H,6,9,14-15H2,1H3,(H,24,27). The molecule has 6 heteroatoms. The number of benzene rings is 2. The molecule has 0 saturated carbocycles. The zero-order valence-corrected chi connectivity index (χ0v) is 15.8. The van der Waals surface area contributed by atoms with Crippen molar-refractivity contribution in [3.8, 4) is 5.75 Å². The van der Waals surface area contributed by atoms with Gasteiger partial charge in [-0.3, -0.25) is 4.79 Å². The van der Waals surface area contributed by atoms with E-state index in [4.69, 9.17) is 4.74 Å². The third-order valence-corrected chi connectivity index (χ3v) is 4.86. The Bertz CT molecular complexity index is 990. The number of hydrogen-bond acceptors (Lipinski definition) is 5. The zero-order chi connectivity index (χ0) is 19.3. The second kappa shape index (κ2) is 8.08. The molecule has 2 heterocycles. The number of carbonyl (C=O) groups excluding carboxylic acids is 1.